The zero-order valence-corrected chi connectivity index (χ0v) is 10.7. The van der Waals surface area contributed by atoms with Crippen LogP contribution >= 0.6 is 0 Å². The lowest BCUT2D eigenvalue weighted by molar-refractivity contribution is 0.293. The highest BCUT2D eigenvalue weighted by molar-refractivity contribution is 5.29. The van der Waals surface area contributed by atoms with Gasteiger partial charge in [0, 0.05) is 13.1 Å². The van der Waals surface area contributed by atoms with E-state index in [1.54, 1.807) is 6.08 Å². The van der Waals surface area contributed by atoms with Crippen LogP contribution in [0, 0.1) is 11.8 Å². The molecule has 0 aromatic heterocycles. The first kappa shape index (κ1) is 14.0. The van der Waals surface area contributed by atoms with E-state index < -0.39 is 0 Å². The first-order valence-electron chi connectivity index (χ1n) is 5.96. The van der Waals surface area contributed by atoms with Crippen molar-refractivity contribution in [2.45, 2.75) is 6.04 Å². The van der Waals surface area contributed by atoms with Crippen LogP contribution in [0.2, 0.25) is 0 Å². The van der Waals surface area contributed by atoms with Crippen molar-refractivity contribution in [3.05, 3.63) is 73.9 Å². The van der Waals surface area contributed by atoms with E-state index in [1.807, 2.05) is 30.4 Å². The lowest BCUT2D eigenvalue weighted by Crippen LogP contribution is -2.28. The van der Waals surface area contributed by atoms with E-state index in [0.717, 1.165) is 13.1 Å². The summed E-state index contributed by atoms with van der Waals surface area (Å²) in [6.45, 7) is 12.8. The molecule has 0 N–H and O–H groups in total. The minimum atomic E-state index is 0.0419. The van der Waals surface area contributed by atoms with Gasteiger partial charge in [-0.15, -0.1) is 13.2 Å². The fraction of sp³-hybridized carbons (Fsp3) is 0.176. The molecule has 0 amide bonds. The Balaban J connectivity index is 3.05. The van der Waals surface area contributed by atoms with E-state index in [2.05, 4.69) is 48.6 Å². The zero-order chi connectivity index (χ0) is 13.2. The third-order valence-electron chi connectivity index (χ3n) is 2.53. The van der Waals surface area contributed by atoms with E-state index in [-0.39, 0.29) is 6.04 Å². The van der Waals surface area contributed by atoms with Crippen molar-refractivity contribution < 1.29 is 0 Å². The summed E-state index contributed by atoms with van der Waals surface area (Å²) in [4.78, 5) is 2.21. The van der Waals surface area contributed by atoms with Crippen molar-refractivity contribution in [1.29, 1.82) is 0 Å². The summed E-state index contributed by atoms with van der Waals surface area (Å²) in [5, 5.41) is 0. The molecule has 1 rings (SSSR count). The summed E-state index contributed by atoms with van der Waals surface area (Å²) in [7, 11) is 0. The molecule has 1 unspecified atom stereocenters. The Morgan fingerprint density at radius 1 is 1.06 bits per heavy atom. The zero-order valence-electron chi connectivity index (χ0n) is 10.7. The van der Waals surface area contributed by atoms with Crippen LogP contribution in [-0.2, 0) is 0 Å². The summed E-state index contributed by atoms with van der Waals surface area (Å²) in [6, 6.07) is 10.3. The predicted molar refractivity (Wildman–Crippen MR) is 79.1 cm³/mol. The van der Waals surface area contributed by atoms with Crippen LogP contribution in [0.1, 0.15) is 11.6 Å². The van der Waals surface area contributed by atoms with E-state index in [9.17, 15) is 0 Å². The number of hydrogen-bond donors (Lipinski definition) is 0. The minimum absolute atomic E-state index is 0.0419. The second kappa shape index (κ2) is 8.11. The van der Waals surface area contributed by atoms with E-state index in [4.69, 9.17) is 0 Å². The summed E-state index contributed by atoms with van der Waals surface area (Å²) in [5.41, 5.74) is 1.18. The molecule has 0 fully saturated rings. The normalized spacial score (nSPS) is 11.2. The fourth-order valence-electron chi connectivity index (χ4n) is 1.78. The monoisotopic (exact) mass is 237 g/mol. The quantitative estimate of drug-likeness (QED) is 0.540. The van der Waals surface area contributed by atoms with Crippen molar-refractivity contribution in [1.82, 2.24) is 4.90 Å². The van der Waals surface area contributed by atoms with Crippen LogP contribution < -0.4 is 0 Å². The van der Waals surface area contributed by atoms with Gasteiger partial charge in [0.1, 0.15) is 0 Å². The molecule has 0 aliphatic rings. The molecule has 0 aliphatic carbocycles. The maximum atomic E-state index is 3.79. The molecular weight excluding hydrogens is 218 g/mol. The van der Waals surface area contributed by atoms with Gasteiger partial charge in [0.2, 0.25) is 0 Å². The fourth-order valence-corrected chi connectivity index (χ4v) is 1.78. The summed E-state index contributed by atoms with van der Waals surface area (Å²) < 4.78 is 0. The standard InChI is InChI=1S/C17H19N/c1-4-7-13-17(16-11-9-8-10-12-16)18(14-5-2)15-6-3/h4-6,8-12,17H,1-3,14-15H2. The largest absolute Gasteiger partial charge is 0.279 e. The van der Waals surface area contributed by atoms with Crippen LogP contribution in [-0.4, -0.2) is 18.0 Å². The van der Waals surface area contributed by atoms with Crippen LogP contribution in [0.25, 0.3) is 0 Å². The lowest BCUT2D eigenvalue weighted by atomic mass is 10.1. The SMILES string of the molecule is C=CC#CC(c1ccccc1)N(CC=C)CC=C. The molecule has 18 heavy (non-hydrogen) atoms. The van der Waals surface area contributed by atoms with E-state index in [1.165, 1.54) is 5.56 Å². The molecule has 0 bridgehead atoms. The molecule has 1 nitrogen and oxygen atoms in total. The Bertz CT molecular complexity index is 437. The number of benzene rings is 1. The van der Waals surface area contributed by atoms with Crippen molar-refractivity contribution in [3.8, 4) is 11.8 Å². The molecule has 0 saturated heterocycles. The Labute approximate surface area is 110 Å². The minimum Gasteiger partial charge on any atom is -0.279 e. The van der Waals surface area contributed by atoms with Crippen LogP contribution in [0.5, 0.6) is 0 Å². The highest BCUT2D eigenvalue weighted by Crippen LogP contribution is 2.19. The Kier molecular flexibility index (Phi) is 6.32. The molecule has 0 aliphatic heterocycles. The van der Waals surface area contributed by atoms with Gasteiger partial charge in [-0.3, -0.25) is 4.90 Å². The average Bonchev–Trinajstić information content (AvgIpc) is 2.41. The predicted octanol–water partition coefficient (Wildman–Crippen LogP) is 3.59. The molecule has 1 heteroatoms. The van der Waals surface area contributed by atoms with Gasteiger partial charge in [-0.25, -0.2) is 0 Å². The van der Waals surface area contributed by atoms with Gasteiger partial charge in [0.15, 0.2) is 0 Å². The maximum Gasteiger partial charge on any atom is 0.0979 e. The van der Waals surface area contributed by atoms with E-state index in [0.29, 0.717) is 0 Å². The number of allylic oxidation sites excluding steroid dienone is 1. The van der Waals surface area contributed by atoms with Crippen LogP contribution in [0.15, 0.2) is 68.3 Å². The average molecular weight is 237 g/mol. The molecule has 1 aromatic rings. The van der Waals surface area contributed by atoms with Gasteiger partial charge in [-0.1, -0.05) is 60.9 Å². The smallest absolute Gasteiger partial charge is 0.0979 e. The van der Waals surface area contributed by atoms with Gasteiger partial charge in [0.05, 0.1) is 6.04 Å². The van der Waals surface area contributed by atoms with Gasteiger partial charge < -0.3 is 0 Å². The maximum absolute atomic E-state index is 3.79. The van der Waals surface area contributed by atoms with Gasteiger partial charge >= 0.3 is 0 Å². The number of hydrogen-bond acceptors (Lipinski definition) is 1. The Hall–Kier alpha value is -2.04. The Morgan fingerprint density at radius 3 is 2.17 bits per heavy atom. The summed E-state index contributed by atoms with van der Waals surface area (Å²) in [5.74, 6) is 6.17. The Morgan fingerprint density at radius 2 is 1.67 bits per heavy atom. The molecule has 0 spiro atoms. The second-order valence-corrected chi connectivity index (χ2v) is 3.84. The van der Waals surface area contributed by atoms with Crippen LogP contribution in [0.4, 0.5) is 0 Å². The molecule has 0 radical (unpaired) electrons. The number of rotatable bonds is 6. The molecular formula is C17H19N. The molecule has 0 heterocycles. The second-order valence-electron chi connectivity index (χ2n) is 3.84. The van der Waals surface area contributed by atoms with Gasteiger partial charge in [0.25, 0.3) is 0 Å². The van der Waals surface area contributed by atoms with Crippen molar-refractivity contribution in [2.24, 2.45) is 0 Å². The first-order chi connectivity index (χ1) is 8.83. The molecule has 92 valence electrons. The van der Waals surface area contributed by atoms with E-state index >= 15 is 0 Å². The van der Waals surface area contributed by atoms with Crippen molar-refractivity contribution in [2.75, 3.05) is 13.1 Å². The molecule has 1 atom stereocenters. The van der Waals surface area contributed by atoms with Crippen LogP contribution in [0.3, 0.4) is 0 Å². The van der Waals surface area contributed by atoms with Gasteiger partial charge in [-0.2, -0.15) is 0 Å². The first-order valence-corrected chi connectivity index (χ1v) is 5.96. The molecule has 1 aromatic carbocycles. The number of nitrogens with zero attached hydrogens (tertiary/aromatic N) is 1. The summed E-state index contributed by atoms with van der Waals surface area (Å²) in [6.07, 6.45) is 5.39. The molecule has 0 saturated carbocycles. The third-order valence-corrected chi connectivity index (χ3v) is 2.53. The third kappa shape index (κ3) is 4.08. The topological polar surface area (TPSA) is 3.24 Å². The highest BCUT2D eigenvalue weighted by atomic mass is 15.1. The summed E-state index contributed by atoms with van der Waals surface area (Å²) >= 11 is 0. The lowest BCUT2D eigenvalue weighted by Gasteiger charge is -2.26. The van der Waals surface area contributed by atoms with Crippen molar-refractivity contribution in [3.63, 3.8) is 0 Å². The van der Waals surface area contributed by atoms with Gasteiger partial charge in [-0.05, 0) is 11.6 Å². The highest BCUT2D eigenvalue weighted by Gasteiger charge is 2.15. The van der Waals surface area contributed by atoms with Crippen molar-refractivity contribution >= 4 is 0 Å².